The highest BCUT2D eigenvalue weighted by Crippen LogP contribution is 2.13. The van der Waals surface area contributed by atoms with Gasteiger partial charge in [-0.2, -0.15) is 0 Å². The lowest BCUT2D eigenvalue weighted by Gasteiger charge is -2.06. The number of amidine groups is 1. The zero-order chi connectivity index (χ0) is 13.7. The van der Waals surface area contributed by atoms with Gasteiger partial charge in [-0.3, -0.25) is 0 Å². The number of ether oxygens (including phenoxy) is 1. The van der Waals surface area contributed by atoms with Crippen LogP contribution >= 0.6 is 15.9 Å². The number of hydrogen-bond donors (Lipinski definition) is 2. The van der Waals surface area contributed by atoms with Gasteiger partial charge in [0.25, 0.3) is 0 Å². The van der Waals surface area contributed by atoms with Gasteiger partial charge in [-0.15, -0.1) is 0 Å². The van der Waals surface area contributed by atoms with Gasteiger partial charge < -0.3 is 15.7 Å². The van der Waals surface area contributed by atoms with Crippen molar-refractivity contribution >= 4 is 21.8 Å². The second-order valence-corrected chi connectivity index (χ2v) is 4.70. The molecule has 0 atom stereocenters. The van der Waals surface area contributed by atoms with Crippen LogP contribution in [0.5, 0.6) is 5.88 Å². The van der Waals surface area contributed by atoms with Crippen LogP contribution in [0.4, 0.5) is 0 Å². The quantitative estimate of drug-likeness (QED) is 0.392. The topological polar surface area (TPSA) is 80.7 Å². The molecule has 98 valence electrons. The lowest BCUT2D eigenvalue weighted by molar-refractivity contribution is 0.294. The number of aromatic nitrogens is 1. The molecular weight excluding hydrogens is 310 g/mol. The van der Waals surface area contributed by atoms with Crippen LogP contribution in [0.15, 0.2) is 52.2 Å². The van der Waals surface area contributed by atoms with E-state index in [1.165, 1.54) is 6.20 Å². The average molecular weight is 322 g/mol. The van der Waals surface area contributed by atoms with Crippen molar-refractivity contribution in [1.82, 2.24) is 4.98 Å². The Kier molecular flexibility index (Phi) is 4.35. The molecule has 0 saturated carbocycles. The maximum atomic E-state index is 8.53. The minimum atomic E-state index is 0.0203. The molecule has 5 nitrogen and oxygen atoms in total. The van der Waals surface area contributed by atoms with Crippen molar-refractivity contribution in [1.29, 1.82) is 0 Å². The molecule has 6 heteroatoms. The molecule has 0 bridgehead atoms. The summed E-state index contributed by atoms with van der Waals surface area (Å²) in [5, 5.41) is 11.4. The Morgan fingerprint density at radius 3 is 2.58 bits per heavy atom. The van der Waals surface area contributed by atoms with Gasteiger partial charge in [0.05, 0.1) is 0 Å². The molecule has 1 heterocycles. The van der Waals surface area contributed by atoms with Crippen LogP contribution in [0, 0.1) is 0 Å². The number of hydrogen-bond acceptors (Lipinski definition) is 4. The van der Waals surface area contributed by atoms with Gasteiger partial charge in [-0.05, 0) is 23.8 Å². The summed E-state index contributed by atoms with van der Waals surface area (Å²) in [6, 6.07) is 11.2. The Bertz CT molecular complexity index is 567. The van der Waals surface area contributed by atoms with Gasteiger partial charge in [-0.1, -0.05) is 33.2 Å². The van der Waals surface area contributed by atoms with E-state index in [2.05, 4.69) is 26.1 Å². The zero-order valence-electron chi connectivity index (χ0n) is 9.95. The molecular formula is C13H12BrN3O2. The normalized spacial score (nSPS) is 11.3. The van der Waals surface area contributed by atoms with Crippen molar-refractivity contribution in [2.45, 2.75) is 6.61 Å². The van der Waals surface area contributed by atoms with Gasteiger partial charge in [0.15, 0.2) is 5.84 Å². The van der Waals surface area contributed by atoms with E-state index >= 15 is 0 Å². The zero-order valence-corrected chi connectivity index (χ0v) is 11.5. The first kappa shape index (κ1) is 13.4. The lowest BCUT2D eigenvalue weighted by atomic mass is 10.2. The molecule has 0 aliphatic rings. The maximum Gasteiger partial charge on any atom is 0.213 e. The first-order valence-corrected chi connectivity index (χ1v) is 6.29. The summed E-state index contributed by atoms with van der Waals surface area (Å²) in [6.45, 7) is 0.434. The fraction of sp³-hybridized carbons (Fsp3) is 0.0769. The monoisotopic (exact) mass is 321 g/mol. The van der Waals surface area contributed by atoms with Crippen LogP contribution in [0.1, 0.15) is 11.1 Å². The van der Waals surface area contributed by atoms with Crippen LogP contribution in [0.25, 0.3) is 0 Å². The van der Waals surface area contributed by atoms with Gasteiger partial charge in [-0.25, -0.2) is 4.98 Å². The predicted molar refractivity (Wildman–Crippen MR) is 75.2 cm³/mol. The first-order valence-electron chi connectivity index (χ1n) is 5.50. The summed E-state index contributed by atoms with van der Waals surface area (Å²) in [4.78, 5) is 4.08. The summed E-state index contributed by atoms with van der Waals surface area (Å²) >= 11 is 3.37. The standard InChI is InChI=1S/C13H12BrN3O2/c14-11-4-1-9(2-5-11)8-19-12-6-3-10(7-16-12)13(15)17-18/h1-7,18H,8H2,(H2,15,17). The number of oxime groups is 1. The van der Waals surface area contributed by atoms with Crippen LogP contribution in [0.3, 0.4) is 0 Å². The van der Waals surface area contributed by atoms with E-state index in [-0.39, 0.29) is 5.84 Å². The van der Waals surface area contributed by atoms with Gasteiger partial charge >= 0.3 is 0 Å². The lowest BCUT2D eigenvalue weighted by Crippen LogP contribution is -2.13. The van der Waals surface area contributed by atoms with E-state index in [9.17, 15) is 0 Å². The van der Waals surface area contributed by atoms with Crippen molar-refractivity contribution in [3.63, 3.8) is 0 Å². The molecule has 0 unspecified atom stereocenters. The van der Waals surface area contributed by atoms with Crippen LogP contribution < -0.4 is 10.5 Å². The molecule has 0 amide bonds. The highest BCUT2D eigenvalue weighted by Gasteiger charge is 2.01. The van der Waals surface area contributed by atoms with E-state index in [4.69, 9.17) is 15.7 Å². The second kappa shape index (κ2) is 6.19. The Hall–Kier alpha value is -2.08. The Morgan fingerprint density at radius 2 is 2.00 bits per heavy atom. The molecule has 0 aliphatic carbocycles. The largest absolute Gasteiger partial charge is 0.473 e. The van der Waals surface area contributed by atoms with Crippen LogP contribution in [-0.4, -0.2) is 16.0 Å². The molecule has 1 aromatic carbocycles. The molecule has 1 aromatic heterocycles. The first-order chi connectivity index (χ1) is 9.19. The SMILES string of the molecule is N/C(=N/O)c1ccc(OCc2ccc(Br)cc2)nc1. The third-order valence-electron chi connectivity index (χ3n) is 2.44. The highest BCUT2D eigenvalue weighted by atomic mass is 79.9. The van der Waals surface area contributed by atoms with Crippen molar-refractivity contribution in [3.8, 4) is 5.88 Å². The fourth-order valence-electron chi connectivity index (χ4n) is 1.41. The van der Waals surface area contributed by atoms with Crippen LogP contribution in [0.2, 0.25) is 0 Å². The molecule has 0 fully saturated rings. The second-order valence-electron chi connectivity index (χ2n) is 3.79. The Morgan fingerprint density at radius 1 is 1.26 bits per heavy atom. The smallest absolute Gasteiger partial charge is 0.213 e. The van der Waals surface area contributed by atoms with Crippen molar-refractivity contribution < 1.29 is 9.94 Å². The van der Waals surface area contributed by atoms with E-state index in [0.29, 0.717) is 18.1 Å². The summed E-state index contributed by atoms with van der Waals surface area (Å²) in [5.74, 6) is 0.504. The molecule has 0 saturated heterocycles. The van der Waals surface area contributed by atoms with Gasteiger partial charge in [0.2, 0.25) is 5.88 Å². The summed E-state index contributed by atoms with van der Waals surface area (Å²) < 4.78 is 6.56. The van der Waals surface area contributed by atoms with Crippen molar-refractivity contribution in [2.24, 2.45) is 10.9 Å². The van der Waals surface area contributed by atoms with Crippen molar-refractivity contribution in [3.05, 3.63) is 58.2 Å². The van der Waals surface area contributed by atoms with Gasteiger partial charge in [0, 0.05) is 22.3 Å². The molecule has 2 rings (SSSR count). The number of pyridine rings is 1. The Labute approximate surface area is 118 Å². The Balaban J connectivity index is 1.98. The number of nitrogens with two attached hydrogens (primary N) is 1. The number of halogens is 1. The number of rotatable bonds is 4. The number of benzene rings is 1. The van der Waals surface area contributed by atoms with Crippen molar-refractivity contribution in [2.75, 3.05) is 0 Å². The molecule has 2 aromatic rings. The average Bonchev–Trinajstić information content (AvgIpc) is 2.46. The highest BCUT2D eigenvalue weighted by molar-refractivity contribution is 9.10. The fourth-order valence-corrected chi connectivity index (χ4v) is 1.68. The molecule has 0 aliphatic heterocycles. The number of nitrogens with zero attached hydrogens (tertiary/aromatic N) is 2. The summed E-state index contributed by atoms with van der Waals surface area (Å²) in [5.41, 5.74) is 7.03. The van der Waals surface area contributed by atoms with Gasteiger partial charge in [0.1, 0.15) is 6.61 Å². The molecule has 19 heavy (non-hydrogen) atoms. The summed E-state index contributed by atoms with van der Waals surface area (Å²) in [6.07, 6.45) is 1.49. The molecule has 0 radical (unpaired) electrons. The minimum Gasteiger partial charge on any atom is -0.473 e. The predicted octanol–water partition coefficient (Wildman–Crippen LogP) is 2.52. The summed E-state index contributed by atoms with van der Waals surface area (Å²) in [7, 11) is 0. The third kappa shape index (κ3) is 3.69. The minimum absolute atomic E-state index is 0.0203. The molecule has 3 N–H and O–H groups in total. The van der Waals surface area contributed by atoms with E-state index in [0.717, 1.165) is 10.0 Å². The molecule has 0 spiro atoms. The van der Waals surface area contributed by atoms with Crippen LogP contribution in [-0.2, 0) is 6.61 Å². The van der Waals surface area contributed by atoms with E-state index in [1.54, 1.807) is 12.1 Å². The third-order valence-corrected chi connectivity index (χ3v) is 2.97. The van der Waals surface area contributed by atoms with E-state index in [1.807, 2.05) is 24.3 Å². The maximum absolute atomic E-state index is 8.53. The van der Waals surface area contributed by atoms with E-state index < -0.39 is 0 Å².